The van der Waals surface area contributed by atoms with Crippen LogP contribution in [-0.2, 0) is 11.2 Å². The van der Waals surface area contributed by atoms with Crippen molar-refractivity contribution in [3.05, 3.63) is 52.7 Å². The fourth-order valence-corrected chi connectivity index (χ4v) is 4.21. The zero-order valence-electron chi connectivity index (χ0n) is 18.4. The Morgan fingerprint density at radius 3 is 2.72 bits per heavy atom. The number of fused-ring (bicyclic) bond motifs is 1. The van der Waals surface area contributed by atoms with Crippen molar-refractivity contribution in [3.8, 4) is 5.75 Å². The quantitative estimate of drug-likeness (QED) is 0.528. The van der Waals surface area contributed by atoms with Crippen LogP contribution < -0.4 is 21.5 Å². The Labute approximate surface area is 187 Å². The van der Waals surface area contributed by atoms with Gasteiger partial charge in [-0.1, -0.05) is 6.92 Å². The van der Waals surface area contributed by atoms with Crippen molar-refractivity contribution in [2.75, 3.05) is 24.1 Å². The first-order chi connectivity index (χ1) is 15.4. The summed E-state index contributed by atoms with van der Waals surface area (Å²) in [6, 6.07) is 5.75. The van der Waals surface area contributed by atoms with Crippen molar-refractivity contribution >= 4 is 23.3 Å². The normalized spacial score (nSPS) is 16.4. The predicted octanol–water partition coefficient (Wildman–Crippen LogP) is 2.41. The number of piperidine rings is 1. The molecular weight excluding hydrogens is 406 g/mol. The first kappa shape index (κ1) is 21.6. The number of nitrogens with zero attached hydrogens (tertiary/aromatic N) is 3. The third kappa shape index (κ3) is 4.23. The monoisotopic (exact) mass is 435 g/mol. The van der Waals surface area contributed by atoms with Crippen molar-refractivity contribution in [2.24, 2.45) is 5.73 Å². The maximum atomic E-state index is 11.6. The van der Waals surface area contributed by atoms with Gasteiger partial charge in [0.2, 0.25) is 5.91 Å². The van der Waals surface area contributed by atoms with Crippen LogP contribution in [0.15, 0.2) is 36.0 Å². The van der Waals surface area contributed by atoms with Crippen molar-refractivity contribution in [3.63, 3.8) is 0 Å². The van der Waals surface area contributed by atoms with Gasteiger partial charge in [0, 0.05) is 38.0 Å². The Bertz CT molecular complexity index is 1090. The lowest BCUT2D eigenvalue weighted by Crippen LogP contribution is -2.41. The summed E-state index contributed by atoms with van der Waals surface area (Å²) in [5.41, 5.74) is 15.7. The summed E-state index contributed by atoms with van der Waals surface area (Å²) in [4.78, 5) is 21.9. The van der Waals surface area contributed by atoms with E-state index in [4.69, 9.17) is 21.6 Å². The van der Waals surface area contributed by atoms with E-state index in [9.17, 15) is 4.79 Å². The molecule has 2 aliphatic rings. The second kappa shape index (κ2) is 8.86. The fourth-order valence-electron chi connectivity index (χ4n) is 4.21. The first-order valence-corrected chi connectivity index (χ1v) is 10.9. The smallest absolute Gasteiger partial charge is 0.219 e. The highest BCUT2D eigenvalue weighted by molar-refractivity contribution is 6.16. The van der Waals surface area contributed by atoms with Gasteiger partial charge >= 0.3 is 0 Å². The number of amides is 1. The molecule has 6 N–H and O–H groups in total. The number of nitrogens with two attached hydrogens (primary N) is 2. The first-order valence-electron chi connectivity index (χ1n) is 10.9. The lowest BCUT2D eigenvalue weighted by atomic mass is 9.95. The number of likely N-dealkylation sites (tertiary alicyclic amines) is 1. The van der Waals surface area contributed by atoms with Gasteiger partial charge < -0.3 is 26.4 Å². The SMILES string of the molecule is CCC1=C(N)Oc2ccc(C(=N)c3c(N)ncnc3NC3CCN(C(C)=O)CC3)cc2C1. The van der Waals surface area contributed by atoms with Crippen LogP contribution in [0.2, 0.25) is 0 Å². The van der Waals surface area contributed by atoms with E-state index in [1.807, 2.05) is 30.0 Å². The molecule has 2 aliphatic heterocycles. The molecule has 0 bridgehead atoms. The Hall–Kier alpha value is -3.62. The van der Waals surface area contributed by atoms with Crippen molar-refractivity contribution in [2.45, 2.75) is 45.6 Å². The number of hydrogen-bond donors (Lipinski definition) is 4. The third-order valence-corrected chi connectivity index (χ3v) is 6.16. The lowest BCUT2D eigenvalue weighted by Gasteiger charge is -2.32. The maximum absolute atomic E-state index is 11.6. The van der Waals surface area contributed by atoms with E-state index >= 15 is 0 Å². The number of benzene rings is 1. The second-order valence-corrected chi connectivity index (χ2v) is 8.20. The molecule has 1 saturated heterocycles. The topological polar surface area (TPSA) is 143 Å². The number of rotatable bonds is 5. The van der Waals surface area contributed by atoms with Gasteiger partial charge in [-0.3, -0.25) is 10.2 Å². The van der Waals surface area contributed by atoms with E-state index in [2.05, 4.69) is 15.3 Å². The molecule has 4 rings (SSSR count). The highest BCUT2D eigenvalue weighted by Crippen LogP contribution is 2.32. The van der Waals surface area contributed by atoms with Crippen LogP contribution in [0.4, 0.5) is 11.6 Å². The van der Waals surface area contributed by atoms with Crippen LogP contribution in [0.25, 0.3) is 0 Å². The zero-order valence-corrected chi connectivity index (χ0v) is 18.4. The number of allylic oxidation sites excluding steroid dienone is 1. The third-order valence-electron chi connectivity index (χ3n) is 6.16. The predicted molar refractivity (Wildman–Crippen MR) is 124 cm³/mol. The highest BCUT2D eigenvalue weighted by atomic mass is 16.5. The molecule has 32 heavy (non-hydrogen) atoms. The number of hydrogen-bond acceptors (Lipinski definition) is 8. The summed E-state index contributed by atoms with van der Waals surface area (Å²) in [5.74, 6) is 2.06. The molecule has 1 aromatic heterocycles. The summed E-state index contributed by atoms with van der Waals surface area (Å²) in [5, 5.41) is 12.3. The minimum Gasteiger partial charge on any atom is -0.441 e. The van der Waals surface area contributed by atoms with Gasteiger partial charge in [0.05, 0.1) is 11.3 Å². The number of carbonyl (C=O) groups excluding carboxylic acids is 1. The largest absolute Gasteiger partial charge is 0.441 e. The molecule has 168 valence electrons. The van der Waals surface area contributed by atoms with E-state index in [1.165, 1.54) is 6.33 Å². The van der Waals surface area contributed by atoms with E-state index in [0.29, 0.717) is 48.1 Å². The summed E-state index contributed by atoms with van der Waals surface area (Å²) in [7, 11) is 0. The van der Waals surface area contributed by atoms with E-state index in [1.54, 1.807) is 6.92 Å². The number of carbonyl (C=O) groups is 1. The van der Waals surface area contributed by atoms with E-state index in [0.717, 1.165) is 30.4 Å². The van der Waals surface area contributed by atoms with E-state index in [-0.39, 0.29) is 23.5 Å². The van der Waals surface area contributed by atoms with Crippen LogP contribution in [0, 0.1) is 5.41 Å². The molecule has 0 saturated carbocycles. The Morgan fingerprint density at radius 2 is 2.03 bits per heavy atom. The molecule has 3 heterocycles. The minimum atomic E-state index is 0.0939. The molecule has 9 nitrogen and oxygen atoms in total. The molecule has 9 heteroatoms. The molecule has 0 spiro atoms. The maximum Gasteiger partial charge on any atom is 0.219 e. The Kier molecular flexibility index (Phi) is 5.98. The number of nitrogen functional groups attached to an aromatic ring is 1. The average Bonchev–Trinajstić information content (AvgIpc) is 2.78. The standard InChI is InChI=1S/C23H29N7O2/c1-3-14-10-16-11-15(4-5-18(16)32-22(14)26)20(24)19-21(25)27-12-28-23(19)29-17-6-8-30(9-7-17)13(2)31/h4-5,11-12,17,24H,3,6-10,26H2,1-2H3,(H3,25,27,28,29). The average molecular weight is 436 g/mol. The van der Waals surface area contributed by atoms with E-state index < -0.39 is 0 Å². The summed E-state index contributed by atoms with van der Waals surface area (Å²) in [6.45, 7) is 5.03. The van der Waals surface area contributed by atoms with Gasteiger partial charge in [-0.2, -0.15) is 0 Å². The van der Waals surface area contributed by atoms with Crippen molar-refractivity contribution < 1.29 is 9.53 Å². The number of anilines is 2. The van der Waals surface area contributed by atoms with Crippen molar-refractivity contribution in [1.29, 1.82) is 5.41 Å². The van der Waals surface area contributed by atoms with Crippen LogP contribution >= 0.6 is 0 Å². The molecule has 1 amide bonds. The Balaban J connectivity index is 1.57. The number of nitrogens with one attached hydrogen (secondary N) is 2. The molecule has 0 radical (unpaired) electrons. The van der Waals surface area contributed by atoms with Gasteiger partial charge in [-0.15, -0.1) is 0 Å². The summed E-state index contributed by atoms with van der Waals surface area (Å²) < 4.78 is 5.75. The van der Waals surface area contributed by atoms with Crippen LogP contribution in [0.5, 0.6) is 5.75 Å². The van der Waals surface area contributed by atoms with Crippen LogP contribution in [0.1, 0.15) is 49.8 Å². The second-order valence-electron chi connectivity index (χ2n) is 8.20. The van der Waals surface area contributed by atoms with Crippen LogP contribution in [0.3, 0.4) is 0 Å². The molecule has 0 aliphatic carbocycles. The number of aromatic nitrogens is 2. The molecule has 2 aromatic rings. The highest BCUT2D eigenvalue weighted by Gasteiger charge is 2.24. The van der Waals surface area contributed by atoms with Gasteiger partial charge in [0.1, 0.15) is 23.7 Å². The van der Waals surface area contributed by atoms with Gasteiger partial charge in [0.15, 0.2) is 5.88 Å². The fraction of sp³-hybridized carbons (Fsp3) is 0.391. The molecule has 0 atom stereocenters. The molecular formula is C23H29N7O2. The van der Waals surface area contributed by atoms with Gasteiger partial charge in [-0.25, -0.2) is 9.97 Å². The molecule has 1 aromatic carbocycles. The molecule has 1 fully saturated rings. The summed E-state index contributed by atoms with van der Waals surface area (Å²) in [6.07, 6.45) is 4.52. The van der Waals surface area contributed by atoms with Crippen LogP contribution in [-0.4, -0.2) is 45.6 Å². The minimum absolute atomic E-state index is 0.0939. The zero-order chi connectivity index (χ0) is 22.8. The van der Waals surface area contributed by atoms with Gasteiger partial charge in [-0.05, 0) is 48.6 Å². The Morgan fingerprint density at radius 1 is 1.28 bits per heavy atom. The lowest BCUT2D eigenvalue weighted by molar-refractivity contribution is -0.129. The van der Waals surface area contributed by atoms with Crippen molar-refractivity contribution in [1.82, 2.24) is 14.9 Å². The number of ether oxygens (including phenoxy) is 1. The summed E-state index contributed by atoms with van der Waals surface area (Å²) >= 11 is 0. The molecule has 0 unspecified atom stereocenters. The van der Waals surface area contributed by atoms with Gasteiger partial charge in [0.25, 0.3) is 0 Å².